The minimum atomic E-state index is -3.66. The molecule has 1 spiro atoms. The Bertz CT molecular complexity index is 1720. The number of carbonyl (C=O) groups is 1. The van der Waals surface area contributed by atoms with Gasteiger partial charge in [0, 0.05) is 43.4 Å². The smallest absolute Gasteiger partial charge is 0.244 e. The number of hydrogen-bond donors (Lipinski definition) is 3. The zero-order chi connectivity index (χ0) is 26.8. The highest BCUT2D eigenvalue weighted by molar-refractivity contribution is 7.89. The number of methoxy groups -OCH3 is 2. The predicted molar refractivity (Wildman–Crippen MR) is 142 cm³/mol. The Hall–Kier alpha value is -4.16. The lowest BCUT2D eigenvalue weighted by Crippen LogP contribution is -2.22. The van der Waals surface area contributed by atoms with E-state index in [0.29, 0.717) is 18.1 Å². The van der Waals surface area contributed by atoms with Crippen molar-refractivity contribution >= 4 is 44.2 Å². The first-order valence-electron chi connectivity index (χ1n) is 11.9. The Balaban J connectivity index is 1.29. The van der Waals surface area contributed by atoms with Crippen molar-refractivity contribution in [2.75, 3.05) is 38.9 Å². The maximum atomic E-state index is 13.0. The molecule has 2 aliphatic rings. The van der Waals surface area contributed by atoms with Gasteiger partial charge in [0.2, 0.25) is 15.9 Å². The number of sulfonamides is 1. The number of anilines is 3. The summed E-state index contributed by atoms with van der Waals surface area (Å²) in [5, 5.41) is 14.4. The molecule has 1 aliphatic heterocycles. The Kier molecular flexibility index (Phi) is 5.37. The molecule has 2 aromatic heterocycles. The maximum absolute atomic E-state index is 13.0. The quantitative estimate of drug-likeness (QED) is 0.328. The highest BCUT2D eigenvalue weighted by Crippen LogP contribution is 2.65. The van der Waals surface area contributed by atoms with E-state index in [-0.39, 0.29) is 22.5 Å². The second kappa shape index (κ2) is 8.43. The standard InChI is InChI=1S/C26H26N6O5S/c1-32(2)38(34,35)16-11-22(37-4)24(27-13-16)29-23-17-7-5-14(9-21(17)30-31-23)19-12-26(19)18-10-15(36-3)6-8-20(18)28-25(26)33/h5-11,13,19H,12H2,1-4H3,(H,28,33)(H2,27,29,30,31)/t19-,26-/m0/s1. The van der Waals surface area contributed by atoms with Gasteiger partial charge >= 0.3 is 0 Å². The summed E-state index contributed by atoms with van der Waals surface area (Å²) in [7, 11) is 2.31. The zero-order valence-electron chi connectivity index (χ0n) is 21.2. The first-order chi connectivity index (χ1) is 18.2. The Morgan fingerprint density at radius 1 is 1.08 bits per heavy atom. The molecule has 2 aromatic carbocycles. The molecule has 0 unspecified atom stereocenters. The fourth-order valence-electron chi connectivity index (χ4n) is 5.19. The van der Waals surface area contributed by atoms with E-state index >= 15 is 0 Å². The van der Waals surface area contributed by atoms with Crippen molar-refractivity contribution in [1.29, 1.82) is 0 Å². The Morgan fingerprint density at radius 2 is 1.89 bits per heavy atom. The van der Waals surface area contributed by atoms with Gasteiger partial charge in [0.25, 0.3) is 0 Å². The molecular weight excluding hydrogens is 508 g/mol. The van der Waals surface area contributed by atoms with Crippen molar-refractivity contribution < 1.29 is 22.7 Å². The number of pyridine rings is 1. The lowest BCUT2D eigenvalue weighted by Gasteiger charge is -2.14. The number of benzene rings is 2. The van der Waals surface area contributed by atoms with Crippen molar-refractivity contribution in [3.63, 3.8) is 0 Å². The normalized spacial score (nSPS) is 20.0. The number of hydrogen-bond acceptors (Lipinski definition) is 8. The van der Waals surface area contributed by atoms with E-state index in [4.69, 9.17) is 9.47 Å². The molecule has 0 bridgehead atoms. The van der Waals surface area contributed by atoms with Gasteiger partial charge in [-0.1, -0.05) is 6.07 Å². The number of amides is 1. The van der Waals surface area contributed by atoms with Gasteiger partial charge in [-0.05, 0) is 47.9 Å². The molecule has 0 radical (unpaired) electrons. The number of nitrogens with one attached hydrogen (secondary N) is 3. The number of fused-ring (bicyclic) bond motifs is 3. The van der Waals surface area contributed by atoms with Crippen molar-refractivity contribution in [2.45, 2.75) is 22.6 Å². The predicted octanol–water partition coefficient (Wildman–Crippen LogP) is 3.35. The third-order valence-electron chi connectivity index (χ3n) is 7.37. The number of H-pyrrole nitrogens is 1. The average Bonchev–Trinajstić information content (AvgIpc) is 3.46. The molecule has 6 rings (SSSR count). The van der Waals surface area contributed by atoms with Crippen LogP contribution >= 0.6 is 0 Å². The van der Waals surface area contributed by atoms with Crippen LogP contribution in [0, 0.1) is 0 Å². The number of aromatic nitrogens is 3. The van der Waals surface area contributed by atoms with Crippen LogP contribution in [0.15, 0.2) is 53.6 Å². The topological polar surface area (TPSA) is 139 Å². The minimum absolute atomic E-state index is 0.00992. The lowest BCUT2D eigenvalue weighted by atomic mass is 9.91. The number of ether oxygens (including phenoxy) is 2. The molecule has 38 heavy (non-hydrogen) atoms. The molecule has 3 N–H and O–H groups in total. The van der Waals surface area contributed by atoms with E-state index in [2.05, 4.69) is 25.8 Å². The molecule has 3 heterocycles. The summed E-state index contributed by atoms with van der Waals surface area (Å²) in [6.45, 7) is 0. The Labute approximate surface area is 219 Å². The van der Waals surface area contributed by atoms with Gasteiger partial charge in [0.1, 0.15) is 10.6 Å². The largest absolute Gasteiger partial charge is 0.497 e. The van der Waals surface area contributed by atoms with Crippen LogP contribution in [0.3, 0.4) is 0 Å². The first-order valence-corrected chi connectivity index (χ1v) is 13.3. The molecule has 2 atom stereocenters. The fraction of sp³-hybridized carbons (Fsp3) is 0.269. The highest BCUT2D eigenvalue weighted by atomic mass is 32.2. The maximum Gasteiger partial charge on any atom is 0.244 e. The van der Waals surface area contributed by atoms with E-state index < -0.39 is 15.4 Å². The molecule has 4 aromatic rings. The zero-order valence-corrected chi connectivity index (χ0v) is 22.0. The van der Waals surface area contributed by atoms with Gasteiger partial charge in [-0.25, -0.2) is 17.7 Å². The molecular formula is C26H26N6O5S. The van der Waals surface area contributed by atoms with Crippen LogP contribution in [0.2, 0.25) is 0 Å². The summed E-state index contributed by atoms with van der Waals surface area (Å²) in [6.07, 6.45) is 1.99. The summed E-state index contributed by atoms with van der Waals surface area (Å²) in [6, 6.07) is 13.1. The van der Waals surface area contributed by atoms with Crippen LogP contribution < -0.4 is 20.1 Å². The van der Waals surface area contributed by atoms with E-state index in [1.165, 1.54) is 33.5 Å². The number of carbonyl (C=O) groups excluding carboxylic acids is 1. The van der Waals surface area contributed by atoms with Crippen LogP contribution in [0.5, 0.6) is 11.5 Å². The van der Waals surface area contributed by atoms with Gasteiger partial charge in [-0.2, -0.15) is 5.10 Å². The highest BCUT2D eigenvalue weighted by Gasteiger charge is 2.65. The van der Waals surface area contributed by atoms with Gasteiger partial charge in [-0.15, -0.1) is 0 Å². The molecule has 1 aliphatic carbocycles. The number of aromatic amines is 1. The Morgan fingerprint density at radius 3 is 2.63 bits per heavy atom. The average molecular weight is 535 g/mol. The summed E-state index contributed by atoms with van der Waals surface area (Å²) in [5.74, 6) is 1.88. The van der Waals surface area contributed by atoms with Crippen molar-refractivity contribution in [3.8, 4) is 11.5 Å². The van der Waals surface area contributed by atoms with Crippen LogP contribution in [0.4, 0.5) is 17.3 Å². The SMILES string of the molecule is COc1ccc2c(c1)[C@]1(C[C@H]1c1ccc3c(Nc4ncc(S(=O)(=O)N(C)C)cc4OC)n[nH]c3c1)C(=O)N2. The lowest BCUT2D eigenvalue weighted by molar-refractivity contribution is -0.118. The van der Waals surface area contributed by atoms with Gasteiger partial charge in [0.05, 0.1) is 25.2 Å². The molecule has 1 amide bonds. The second-order valence-corrected chi connectivity index (χ2v) is 11.8. The summed E-state index contributed by atoms with van der Waals surface area (Å²) in [5.41, 5.74) is 3.04. The molecule has 1 saturated carbocycles. The van der Waals surface area contributed by atoms with Gasteiger partial charge < -0.3 is 20.1 Å². The summed E-state index contributed by atoms with van der Waals surface area (Å²) >= 11 is 0. The van der Waals surface area contributed by atoms with E-state index in [0.717, 1.165) is 37.8 Å². The third-order valence-corrected chi connectivity index (χ3v) is 9.15. The van der Waals surface area contributed by atoms with E-state index in [1.54, 1.807) is 7.11 Å². The molecule has 11 nitrogen and oxygen atoms in total. The van der Waals surface area contributed by atoms with Crippen molar-refractivity contribution in [1.82, 2.24) is 19.5 Å². The summed E-state index contributed by atoms with van der Waals surface area (Å²) in [4.78, 5) is 17.3. The molecule has 12 heteroatoms. The molecule has 196 valence electrons. The van der Waals surface area contributed by atoms with E-state index in [9.17, 15) is 13.2 Å². The van der Waals surface area contributed by atoms with Gasteiger partial charge in [0.15, 0.2) is 17.4 Å². The monoisotopic (exact) mass is 534 g/mol. The van der Waals surface area contributed by atoms with Crippen LogP contribution in [-0.2, 0) is 20.2 Å². The second-order valence-electron chi connectivity index (χ2n) is 9.61. The summed E-state index contributed by atoms with van der Waals surface area (Å²) < 4.78 is 36.8. The third kappa shape index (κ3) is 3.51. The minimum Gasteiger partial charge on any atom is -0.497 e. The fourth-order valence-corrected chi connectivity index (χ4v) is 6.05. The first kappa shape index (κ1) is 24.2. The van der Waals surface area contributed by atoms with Gasteiger partial charge in [-0.3, -0.25) is 9.89 Å². The molecule has 1 fully saturated rings. The number of nitrogens with zero attached hydrogens (tertiary/aromatic N) is 3. The van der Waals surface area contributed by atoms with Crippen LogP contribution in [0.1, 0.15) is 23.5 Å². The van der Waals surface area contributed by atoms with Crippen LogP contribution in [0.25, 0.3) is 10.9 Å². The number of rotatable bonds is 7. The van der Waals surface area contributed by atoms with Crippen molar-refractivity contribution in [3.05, 3.63) is 59.8 Å². The molecule has 0 saturated heterocycles. The van der Waals surface area contributed by atoms with E-state index in [1.807, 2.05) is 36.4 Å². The van der Waals surface area contributed by atoms with Crippen LogP contribution in [-0.4, -0.2) is 62.1 Å². The van der Waals surface area contributed by atoms with Crippen molar-refractivity contribution in [2.24, 2.45) is 0 Å².